The van der Waals surface area contributed by atoms with Crippen LogP contribution < -0.4 is 0 Å². The first-order valence-corrected chi connectivity index (χ1v) is 7.62. The minimum absolute atomic E-state index is 0.375. The third kappa shape index (κ3) is 3.68. The van der Waals surface area contributed by atoms with Gasteiger partial charge in [0.05, 0.1) is 25.3 Å². The standard InChI is InChI=1S/C9H13N4O4PS/c1-6(17-5-18(14,15)16)2-13-4-12-7-8(13)10-3-11-9(7)19/h3-4,6H,2,5H2,1H3,(H,10,11,19)(H2,14,15,16)/t6-/m1/s1. The van der Waals surface area contributed by atoms with Crippen LogP contribution in [0, 0.1) is 4.64 Å². The van der Waals surface area contributed by atoms with E-state index in [1.807, 2.05) is 0 Å². The first-order valence-electron chi connectivity index (χ1n) is 5.41. The van der Waals surface area contributed by atoms with Gasteiger partial charge in [0.2, 0.25) is 0 Å². The molecule has 19 heavy (non-hydrogen) atoms. The lowest BCUT2D eigenvalue weighted by Crippen LogP contribution is -2.17. The molecule has 2 heterocycles. The highest BCUT2D eigenvalue weighted by Crippen LogP contribution is 2.34. The summed E-state index contributed by atoms with van der Waals surface area (Å²) >= 11 is 5.04. The Morgan fingerprint density at radius 1 is 1.58 bits per heavy atom. The monoisotopic (exact) mass is 304 g/mol. The predicted octanol–water partition coefficient (Wildman–Crippen LogP) is 1.03. The van der Waals surface area contributed by atoms with E-state index in [1.54, 1.807) is 17.8 Å². The molecule has 0 spiro atoms. The summed E-state index contributed by atoms with van der Waals surface area (Å²) in [6.07, 6.45) is 2.08. The van der Waals surface area contributed by atoms with Crippen molar-refractivity contribution >= 4 is 31.0 Å². The summed E-state index contributed by atoms with van der Waals surface area (Å²) in [6.45, 7) is 2.11. The molecule has 2 rings (SSSR count). The third-order valence-corrected chi connectivity index (χ3v) is 3.19. The molecule has 2 aromatic heterocycles. The lowest BCUT2D eigenvalue weighted by atomic mass is 10.4. The topological polar surface area (TPSA) is 113 Å². The van der Waals surface area contributed by atoms with Crippen molar-refractivity contribution in [2.45, 2.75) is 19.6 Å². The summed E-state index contributed by atoms with van der Waals surface area (Å²) in [7, 11) is -4.15. The third-order valence-electron chi connectivity index (χ3n) is 2.40. The molecule has 0 fully saturated rings. The number of ether oxygens (including phenoxy) is 1. The highest BCUT2D eigenvalue weighted by molar-refractivity contribution is 7.71. The van der Waals surface area contributed by atoms with Crippen molar-refractivity contribution in [1.29, 1.82) is 0 Å². The number of H-pyrrole nitrogens is 1. The van der Waals surface area contributed by atoms with E-state index in [1.165, 1.54) is 6.33 Å². The van der Waals surface area contributed by atoms with E-state index >= 15 is 0 Å². The fourth-order valence-corrected chi connectivity index (χ4v) is 2.25. The molecule has 0 aliphatic heterocycles. The van der Waals surface area contributed by atoms with Crippen LogP contribution in [0.15, 0.2) is 12.7 Å². The van der Waals surface area contributed by atoms with E-state index < -0.39 is 13.9 Å². The highest BCUT2D eigenvalue weighted by atomic mass is 32.1. The molecule has 8 nitrogen and oxygen atoms in total. The second-order valence-corrected chi connectivity index (χ2v) is 6.05. The lowest BCUT2D eigenvalue weighted by Gasteiger charge is -2.14. The average molecular weight is 304 g/mol. The summed E-state index contributed by atoms with van der Waals surface area (Å²) in [5.41, 5.74) is 1.28. The number of rotatable bonds is 5. The van der Waals surface area contributed by atoms with Crippen LogP contribution in [-0.2, 0) is 15.8 Å². The average Bonchev–Trinajstić information content (AvgIpc) is 2.71. The number of hydrogen-bond acceptors (Lipinski definition) is 5. The maximum absolute atomic E-state index is 10.7. The molecule has 10 heteroatoms. The Hall–Kier alpha value is -1.12. The first kappa shape index (κ1) is 14.3. The zero-order valence-electron chi connectivity index (χ0n) is 10.1. The summed E-state index contributed by atoms with van der Waals surface area (Å²) in [6, 6.07) is 0. The van der Waals surface area contributed by atoms with Gasteiger partial charge in [-0.25, -0.2) is 9.97 Å². The Bertz CT molecular complexity index is 678. The zero-order valence-corrected chi connectivity index (χ0v) is 11.8. The molecule has 3 N–H and O–H groups in total. The molecule has 0 unspecified atom stereocenters. The van der Waals surface area contributed by atoms with Crippen molar-refractivity contribution in [1.82, 2.24) is 19.5 Å². The van der Waals surface area contributed by atoms with Crippen molar-refractivity contribution in [2.24, 2.45) is 0 Å². The van der Waals surface area contributed by atoms with Crippen molar-refractivity contribution < 1.29 is 19.1 Å². The quantitative estimate of drug-likeness (QED) is 0.558. The number of hydrogen-bond donors (Lipinski definition) is 3. The van der Waals surface area contributed by atoms with Crippen molar-refractivity contribution in [3.63, 3.8) is 0 Å². The van der Waals surface area contributed by atoms with Gasteiger partial charge in [-0.1, -0.05) is 12.2 Å². The summed E-state index contributed by atoms with van der Waals surface area (Å²) in [4.78, 5) is 28.5. The van der Waals surface area contributed by atoms with Crippen LogP contribution in [-0.4, -0.2) is 41.8 Å². The van der Waals surface area contributed by atoms with Crippen LogP contribution in [0.3, 0.4) is 0 Å². The molecule has 0 aromatic carbocycles. The van der Waals surface area contributed by atoms with E-state index in [2.05, 4.69) is 15.0 Å². The van der Waals surface area contributed by atoms with E-state index in [9.17, 15) is 4.57 Å². The van der Waals surface area contributed by atoms with Gasteiger partial charge in [-0.15, -0.1) is 0 Å². The van der Waals surface area contributed by atoms with Gasteiger partial charge in [0.25, 0.3) is 0 Å². The van der Waals surface area contributed by atoms with Gasteiger partial charge in [-0.2, -0.15) is 0 Å². The summed E-state index contributed by atoms with van der Waals surface area (Å²) in [5, 5.41) is 0. The summed E-state index contributed by atoms with van der Waals surface area (Å²) in [5.74, 6) is 0. The Labute approximate surface area is 113 Å². The molecule has 0 saturated heterocycles. The maximum atomic E-state index is 10.7. The maximum Gasteiger partial charge on any atom is 0.350 e. The van der Waals surface area contributed by atoms with Crippen LogP contribution in [0.4, 0.5) is 0 Å². The molecule has 0 bridgehead atoms. The second-order valence-electron chi connectivity index (χ2n) is 4.07. The van der Waals surface area contributed by atoms with E-state index in [0.29, 0.717) is 22.3 Å². The van der Waals surface area contributed by atoms with Crippen molar-refractivity contribution in [2.75, 3.05) is 6.35 Å². The minimum Gasteiger partial charge on any atom is -0.364 e. The normalized spacial score (nSPS) is 13.8. The molecule has 1 atom stereocenters. The van der Waals surface area contributed by atoms with Gasteiger partial charge < -0.3 is 24.1 Å². The molecule has 0 saturated carbocycles. The zero-order chi connectivity index (χ0) is 14.0. The Balaban J connectivity index is 2.11. The first-order chi connectivity index (χ1) is 8.87. The Morgan fingerprint density at radius 3 is 3.00 bits per heavy atom. The van der Waals surface area contributed by atoms with Gasteiger partial charge in [0.1, 0.15) is 17.5 Å². The van der Waals surface area contributed by atoms with Crippen LogP contribution in [0.5, 0.6) is 0 Å². The highest BCUT2D eigenvalue weighted by Gasteiger charge is 2.16. The van der Waals surface area contributed by atoms with E-state index in [0.717, 1.165) is 0 Å². The second kappa shape index (κ2) is 5.48. The van der Waals surface area contributed by atoms with Gasteiger partial charge in [0.15, 0.2) is 4.64 Å². The van der Waals surface area contributed by atoms with E-state index in [-0.39, 0.29) is 6.10 Å². The van der Waals surface area contributed by atoms with Crippen LogP contribution >= 0.6 is 19.8 Å². The summed E-state index contributed by atoms with van der Waals surface area (Å²) < 4.78 is 18.0. The van der Waals surface area contributed by atoms with E-state index in [4.69, 9.17) is 26.7 Å². The van der Waals surface area contributed by atoms with Crippen LogP contribution in [0.25, 0.3) is 11.2 Å². The number of aromatic amines is 1. The molecule has 104 valence electrons. The number of fused-ring (bicyclic) bond motifs is 1. The van der Waals surface area contributed by atoms with Gasteiger partial charge in [0, 0.05) is 0 Å². The molecule has 0 radical (unpaired) electrons. The number of imidazole rings is 1. The van der Waals surface area contributed by atoms with Gasteiger partial charge in [-0.05, 0) is 6.92 Å². The Kier molecular flexibility index (Phi) is 4.12. The molecule has 2 aromatic rings. The molecular weight excluding hydrogens is 291 g/mol. The fraction of sp³-hybridized carbons (Fsp3) is 0.444. The Morgan fingerprint density at radius 2 is 2.32 bits per heavy atom. The van der Waals surface area contributed by atoms with Crippen LogP contribution in [0.2, 0.25) is 0 Å². The molecule has 0 aliphatic carbocycles. The van der Waals surface area contributed by atoms with Crippen LogP contribution in [0.1, 0.15) is 6.92 Å². The van der Waals surface area contributed by atoms with Gasteiger partial charge >= 0.3 is 7.60 Å². The number of nitrogens with zero attached hydrogens (tertiary/aromatic N) is 3. The fourth-order valence-electron chi connectivity index (χ4n) is 1.60. The predicted molar refractivity (Wildman–Crippen MR) is 70.2 cm³/mol. The van der Waals surface area contributed by atoms with Crippen molar-refractivity contribution in [3.8, 4) is 0 Å². The minimum atomic E-state index is -4.15. The van der Waals surface area contributed by atoms with Crippen molar-refractivity contribution in [3.05, 3.63) is 17.3 Å². The molecular formula is C9H13N4O4PS. The number of nitrogens with one attached hydrogen (secondary N) is 1. The lowest BCUT2D eigenvalue weighted by molar-refractivity contribution is 0.0764. The smallest absolute Gasteiger partial charge is 0.350 e. The molecule has 0 aliphatic rings. The number of aromatic nitrogens is 4. The largest absolute Gasteiger partial charge is 0.364 e. The van der Waals surface area contributed by atoms with Gasteiger partial charge in [-0.3, -0.25) is 4.57 Å². The SMILES string of the molecule is C[C@H](Cn1cnc2c(=S)nc[nH]c21)OCP(=O)(O)O. The molecule has 0 amide bonds.